The molecular weight excluding hydrogens is 432 g/mol. The van der Waals surface area contributed by atoms with Crippen LogP contribution in [0.15, 0.2) is 122 Å². The molecule has 0 heteroatoms. The summed E-state index contributed by atoms with van der Waals surface area (Å²) in [6, 6.07) is 40.3. The van der Waals surface area contributed by atoms with Gasteiger partial charge in [-0.05, 0) is 137 Å². The summed E-state index contributed by atoms with van der Waals surface area (Å²) >= 11 is 0. The number of hydrogen-bond donors (Lipinski definition) is 0. The molecule has 0 N–H and O–H groups in total. The predicted octanol–water partition coefficient (Wildman–Crippen LogP) is 10.4. The van der Waals surface area contributed by atoms with Crippen molar-refractivity contribution in [2.24, 2.45) is 0 Å². The van der Waals surface area contributed by atoms with Crippen LogP contribution in [0.5, 0.6) is 0 Å². The molecule has 0 bridgehead atoms. The fourth-order valence-corrected chi connectivity index (χ4v) is 5.49. The zero-order valence-electron chi connectivity index (χ0n) is 20.0. The van der Waals surface area contributed by atoms with Gasteiger partial charge in [-0.1, -0.05) is 73.8 Å². The zero-order chi connectivity index (χ0) is 24.2. The quantitative estimate of drug-likeness (QED) is 0.232. The van der Waals surface area contributed by atoms with Crippen LogP contribution in [0.2, 0.25) is 0 Å². The molecule has 0 radical (unpaired) electrons. The second-order valence-electron chi connectivity index (χ2n) is 9.61. The summed E-state index contributed by atoms with van der Waals surface area (Å²) in [5.74, 6) is 0. The largest absolute Gasteiger partial charge is 0.0984 e. The van der Waals surface area contributed by atoms with Crippen molar-refractivity contribution in [3.05, 3.63) is 133 Å². The summed E-state index contributed by atoms with van der Waals surface area (Å²) < 4.78 is 0. The molecule has 0 aliphatic carbocycles. The molecule has 0 nitrogen and oxygen atoms in total. The minimum Gasteiger partial charge on any atom is -0.0984 e. The third kappa shape index (κ3) is 3.31. The molecule has 36 heavy (non-hydrogen) atoms. The van der Waals surface area contributed by atoms with Gasteiger partial charge in [0, 0.05) is 0 Å². The van der Waals surface area contributed by atoms with Crippen LogP contribution < -0.4 is 0 Å². The molecule has 0 aliphatic heterocycles. The Morgan fingerprint density at radius 3 is 1.08 bits per heavy atom. The van der Waals surface area contributed by atoms with E-state index in [1.807, 2.05) is 12.2 Å². The van der Waals surface area contributed by atoms with E-state index in [-0.39, 0.29) is 0 Å². The van der Waals surface area contributed by atoms with Crippen molar-refractivity contribution in [2.45, 2.75) is 0 Å². The van der Waals surface area contributed by atoms with Crippen molar-refractivity contribution >= 4 is 66.0 Å². The molecule has 0 saturated carbocycles. The predicted molar refractivity (Wildman–Crippen MR) is 160 cm³/mol. The standard InChI is InChI=1S/C36H24/c1-3-23-13-33-19-29-11-9-27(17-31(29)21-34(33)14-24(23)4-2)28-10-12-30-20-35-15-25-7-5-6-8-26(25)16-36(35)22-32(30)18-28/h3-22H,1-2H2. The molecule has 0 saturated heterocycles. The Morgan fingerprint density at radius 1 is 0.333 bits per heavy atom. The maximum Gasteiger partial charge on any atom is -0.0171 e. The summed E-state index contributed by atoms with van der Waals surface area (Å²) in [5, 5.41) is 12.6. The van der Waals surface area contributed by atoms with Gasteiger partial charge in [0.05, 0.1) is 0 Å². The molecule has 7 aromatic rings. The van der Waals surface area contributed by atoms with Gasteiger partial charge in [-0.2, -0.15) is 0 Å². The second kappa shape index (κ2) is 7.93. The van der Waals surface area contributed by atoms with Gasteiger partial charge < -0.3 is 0 Å². The van der Waals surface area contributed by atoms with Crippen LogP contribution in [-0.2, 0) is 0 Å². The third-order valence-electron chi connectivity index (χ3n) is 7.43. The van der Waals surface area contributed by atoms with E-state index < -0.39 is 0 Å². The Morgan fingerprint density at radius 2 is 0.667 bits per heavy atom. The van der Waals surface area contributed by atoms with E-state index in [9.17, 15) is 0 Å². The highest BCUT2D eigenvalue weighted by Gasteiger charge is 2.07. The van der Waals surface area contributed by atoms with Crippen LogP contribution >= 0.6 is 0 Å². The molecule has 0 aliphatic rings. The van der Waals surface area contributed by atoms with Crippen LogP contribution in [0, 0.1) is 0 Å². The highest BCUT2D eigenvalue weighted by Crippen LogP contribution is 2.33. The first-order chi connectivity index (χ1) is 17.7. The average Bonchev–Trinajstić information content (AvgIpc) is 2.92. The average molecular weight is 457 g/mol. The van der Waals surface area contributed by atoms with Crippen molar-refractivity contribution in [3.63, 3.8) is 0 Å². The fraction of sp³-hybridized carbons (Fsp3) is 0. The molecule has 0 heterocycles. The number of hydrogen-bond acceptors (Lipinski definition) is 0. The van der Waals surface area contributed by atoms with Gasteiger partial charge in [-0.3, -0.25) is 0 Å². The van der Waals surface area contributed by atoms with Crippen LogP contribution in [-0.4, -0.2) is 0 Å². The molecule has 0 unspecified atom stereocenters. The van der Waals surface area contributed by atoms with Crippen molar-refractivity contribution in [1.82, 2.24) is 0 Å². The smallest absolute Gasteiger partial charge is 0.0171 e. The van der Waals surface area contributed by atoms with Crippen molar-refractivity contribution < 1.29 is 0 Å². The number of fused-ring (bicyclic) bond motifs is 5. The van der Waals surface area contributed by atoms with E-state index in [0.717, 1.165) is 11.1 Å². The molecule has 0 fully saturated rings. The Balaban J connectivity index is 1.37. The van der Waals surface area contributed by atoms with E-state index in [4.69, 9.17) is 0 Å². The van der Waals surface area contributed by atoms with E-state index >= 15 is 0 Å². The van der Waals surface area contributed by atoms with Gasteiger partial charge in [0.15, 0.2) is 0 Å². The molecular formula is C36H24. The molecule has 0 atom stereocenters. The van der Waals surface area contributed by atoms with Gasteiger partial charge in [0.25, 0.3) is 0 Å². The summed E-state index contributed by atoms with van der Waals surface area (Å²) in [5.41, 5.74) is 4.69. The SMILES string of the molecule is C=Cc1cc2cc3ccc(-c4ccc5cc6cc7ccccc7cc6cc5c4)cc3cc2cc1C=C. The molecule has 0 spiro atoms. The lowest BCUT2D eigenvalue weighted by molar-refractivity contribution is 1.67. The zero-order valence-corrected chi connectivity index (χ0v) is 20.0. The Bertz CT molecular complexity index is 2020. The summed E-state index contributed by atoms with van der Waals surface area (Å²) in [4.78, 5) is 0. The molecule has 0 amide bonds. The van der Waals surface area contributed by atoms with Crippen LogP contribution in [0.1, 0.15) is 11.1 Å². The van der Waals surface area contributed by atoms with Crippen LogP contribution in [0.4, 0.5) is 0 Å². The van der Waals surface area contributed by atoms with Gasteiger partial charge >= 0.3 is 0 Å². The van der Waals surface area contributed by atoms with E-state index in [1.165, 1.54) is 65.0 Å². The van der Waals surface area contributed by atoms with Crippen molar-refractivity contribution in [1.29, 1.82) is 0 Å². The molecule has 7 rings (SSSR count). The first-order valence-corrected chi connectivity index (χ1v) is 12.3. The van der Waals surface area contributed by atoms with E-state index in [1.54, 1.807) is 0 Å². The second-order valence-corrected chi connectivity index (χ2v) is 9.61. The maximum atomic E-state index is 3.97. The topological polar surface area (TPSA) is 0 Å². The summed E-state index contributed by atoms with van der Waals surface area (Å²) in [6.07, 6.45) is 3.80. The normalized spacial score (nSPS) is 11.6. The van der Waals surface area contributed by atoms with Crippen molar-refractivity contribution in [2.75, 3.05) is 0 Å². The van der Waals surface area contributed by atoms with Gasteiger partial charge in [-0.15, -0.1) is 0 Å². The van der Waals surface area contributed by atoms with E-state index in [2.05, 4.69) is 122 Å². The van der Waals surface area contributed by atoms with Gasteiger partial charge in [0.1, 0.15) is 0 Å². The van der Waals surface area contributed by atoms with Crippen LogP contribution in [0.3, 0.4) is 0 Å². The first-order valence-electron chi connectivity index (χ1n) is 12.3. The minimum atomic E-state index is 1.11. The third-order valence-corrected chi connectivity index (χ3v) is 7.43. The highest BCUT2D eigenvalue weighted by molar-refractivity contribution is 6.06. The lowest BCUT2D eigenvalue weighted by Crippen LogP contribution is -1.85. The molecule has 168 valence electrons. The lowest BCUT2D eigenvalue weighted by atomic mass is 9.94. The highest BCUT2D eigenvalue weighted by atomic mass is 14.1. The van der Waals surface area contributed by atoms with Gasteiger partial charge in [-0.25, -0.2) is 0 Å². The van der Waals surface area contributed by atoms with Crippen LogP contribution in [0.25, 0.3) is 77.1 Å². The first kappa shape index (κ1) is 20.7. The number of rotatable bonds is 3. The lowest BCUT2D eigenvalue weighted by Gasteiger charge is -2.10. The fourth-order valence-electron chi connectivity index (χ4n) is 5.49. The Hall–Kier alpha value is -4.68. The minimum absolute atomic E-state index is 1.11. The monoisotopic (exact) mass is 456 g/mol. The van der Waals surface area contributed by atoms with E-state index in [0.29, 0.717) is 0 Å². The Labute approximate surface area is 210 Å². The summed E-state index contributed by atoms with van der Waals surface area (Å²) in [7, 11) is 0. The molecule has 7 aromatic carbocycles. The Kier molecular flexibility index (Phi) is 4.56. The summed E-state index contributed by atoms with van der Waals surface area (Å²) in [6.45, 7) is 7.93. The molecule has 0 aromatic heterocycles. The van der Waals surface area contributed by atoms with Crippen molar-refractivity contribution in [3.8, 4) is 11.1 Å². The number of benzene rings is 7. The maximum absolute atomic E-state index is 3.97. The van der Waals surface area contributed by atoms with Gasteiger partial charge in [0.2, 0.25) is 0 Å².